The van der Waals surface area contributed by atoms with E-state index in [0.717, 1.165) is 33.2 Å². The van der Waals surface area contributed by atoms with Crippen LogP contribution in [0.3, 0.4) is 0 Å². The van der Waals surface area contributed by atoms with Crippen LogP contribution < -0.4 is 16.4 Å². The molecule has 0 saturated carbocycles. The maximum Gasteiger partial charge on any atom is 0.316 e. The normalized spacial score (nSPS) is 12.0. The summed E-state index contributed by atoms with van der Waals surface area (Å²) in [7, 11) is 0. The zero-order valence-electron chi connectivity index (χ0n) is 15.8. The van der Waals surface area contributed by atoms with Gasteiger partial charge in [-0.15, -0.1) is 0 Å². The molecule has 2 aromatic carbocycles. The van der Waals surface area contributed by atoms with Crippen molar-refractivity contribution in [2.75, 3.05) is 5.32 Å². The van der Waals surface area contributed by atoms with Crippen LogP contribution in [0.15, 0.2) is 40.8 Å². The molecular weight excluding hydrogens is 342 g/mol. The van der Waals surface area contributed by atoms with Crippen molar-refractivity contribution in [3.8, 4) is 0 Å². The predicted octanol–water partition coefficient (Wildman–Crippen LogP) is 4.34. The van der Waals surface area contributed by atoms with Crippen molar-refractivity contribution in [1.82, 2.24) is 5.32 Å². The molecule has 1 heterocycles. The molecule has 1 unspecified atom stereocenters. The van der Waals surface area contributed by atoms with Crippen LogP contribution in [0.5, 0.6) is 0 Å². The number of carbonyl (C=O) groups excluding carboxylic acids is 2. The summed E-state index contributed by atoms with van der Waals surface area (Å²) in [6, 6.07) is 10.3. The summed E-state index contributed by atoms with van der Waals surface area (Å²) < 4.78 is 5.90. The molecule has 0 radical (unpaired) electrons. The van der Waals surface area contributed by atoms with Crippen molar-refractivity contribution in [2.24, 2.45) is 5.73 Å². The van der Waals surface area contributed by atoms with Gasteiger partial charge in [-0.25, -0.2) is 4.79 Å². The summed E-state index contributed by atoms with van der Waals surface area (Å²) in [6.07, 6.45) is 0. The number of nitrogens with two attached hydrogens (primary N) is 1. The third-order valence-corrected chi connectivity index (χ3v) is 4.71. The van der Waals surface area contributed by atoms with Gasteiger partial charge >= 0.3 is 6.03 Å². The van der Waals surface area contributed by atoms with E-state index in [-0.39, 0.29) is 11.9 Å². The maximum absolute atomic E-state index is 12.8. The summed E-state index contributed by atoms with van der Waals surface area (Å²) >= 11 is 0. The van der Waals surface area contributed by atoms with Gasteiger partial charge in [0, 0.05) is 16.6 Å². The van der Waals surface area contributed by atoms with Gasteiger partial charge in [0.05, 0.1) is 6.04 Å². The first kappa shape index (κ1) is 18.5. The smallest absolute Gasteiger partial charge is 0.316 e. The Bertz CT molecular complexity index is 1020. The van der Waals surface area contributed by atoms with Crippen molar-refractivity contribution in [2.45, 2.75) is 33.7 Å². The van der Waals surface area contributed by atoms with Crippen LogP contribution >= 0.6 is 0 Å². The molecule has 140 valence electrons. The predicted molar refractivity (Wildman–Crippen MR) is 106 cm³/mol. The van der Waals surface area contributed by atoms with Crippen LogP contribution in [0.4, 0.5) is 10.5 Å². The number of urea groups is 1. The Morgan fingerprint density at radius 2 is 1.63 bits per heavy atom. The molecule has 6 heteroatoms. The van der Waals surface area contributed by atoms with Crippen molar-refractivity contribution < 1.29 is 14.0 Å². The highest BCUT2D eigenvalue weighted by atomic mass is 16.3. The van der Waals surface area contributed by atoms with Gasteiger partial charge in [-0.1, -0.05) is 24.3 Å². The van der Waals surface area contributed by atoms with E-state index in [4.69, 9.17) is 10.2 Å². The molecule has 4 N–H and O–H groups in total. The minimum absolute atomic E-state index is 0.227. The Hall–Kier alpha value is -3.28. The molecule has 0 aliphatic rings. The van der Waals surface area contributed by atoms with Crippen molar-refractivity contribution >= 4 is 28.6 Å². The number of fused-ring (bicyclic) bond motifs is 1. The molecule has 3 amide bonds. The molecule has 3 aromatic rings. The Kier molecular flexibility index (Phi) is 4.90. The quantitative estimate of drug-likeness (QED) is 0.641. The number of primary amides is 1. The first-order valence-electron chi connectivity index (χ1n) is 8.74. The highest BCUT2D eigenvalue weighted by molar-refractivity contribution is 6.00. The van der Waals surface area contributed by atoms with Crippen LogP contribution in [0.2, 0.25) is 0 Å². The monoisotopic (exact) mass is 365 g/mol. The van der Waals surface area contributed by atoms with E-state index in [2.05, 4.69) is 10.6 Å². The molecule has 3 rings (SSSR count). The maximum atomic E-state index is 12.8. The standard InChI is InChI=1S/C21H23N3O3/c1-11-5-6-12(2)18-17(11)13(3)19(27-18)20(25)23-14(4)15-7-9-16(10-8-15)24-21(22)26/h5-10,14H,1-4H3,(H,23,25)(H3,22,24,26). The fourth-order valence-corrected chi connectivity index (χ4v) is 3.23. The molecule has 0 saturated heterocycles. The summed E-state index contributed by atoms with van der Waals surface area (Å²) in [6.45, 7) is 7.78. The second-order valence-corrected chi connectivity index (χ2v) is 6.77. The van der Waals surface area contributed by atoms with E-state index in [9.17, 15) is 9.59 Å². The highest BCUT2D eigenvalue weighted by Gasteiger charge is 2.21. The summed E-state index contributed by atoms with van der Waals surface area (Å²) in [4.78, 5) is 23.7. The number of amides is 3. The molecule has 27 heavy (non-hydrogen) atoms. The van der Waals surface area contributed by atoms with Crippen LogP contribution in [-0.2, 0) is 0 Å². The van der Waals surface area contributed by atoms with Gasteiger partial charge < -0.3 is 20.8 Å². The number of hydrogen-bond acceptors (Lipinski definition) is 3. The lowest BCUT2D eigenvalue weighted by molar-refractivity contribution is 0.0913. The minimum Gasteiger partial charge on any atom is -0.450 e. The summed E-state index contributed by atoms with van der Waals surface area (Å²) in [5, 5.41) is 6.47. The molecule has 0 aliphatic carbocycles. The lowest BCUT2D eigenvalue weighted by Crippen LogP contribution is -2.26. The van der Waals surface area contributed by atoms with Gasteiger partial charge in [0.1, 0.15) is 5.58 Å². The number of rotatable bonds is 4. The Morgan fingerprint density at radius 1 is 1.00 bits per heavy atom. The van der Waals surface area contributed by atoms with E-state index in [1.54, 1.807) is 12.1 Å². The third kappa shape index (κ3) is 3.65. The van der Waals surface area contributed by atoms with Crippen molar-refractivity contribution in [3.05, 3.63) is 64.4 Å². The number of anilines is 1. The Morgan fingerprint density at radius 3 is 2.22 bits per heavy atom. The van der Waals surface area contributed by atoms with E-state index in [1.807, 2.05) is 52.0 Å². The number of carbonyl (C=O) groups is 2. The Labute approximate surface area is 157 Å². The van der Waals surface area contributed by atoms with E-state index >= 15 is 0 Å². The van der Waals surface area contributed by atoms with Crippen LogP contribution in [-0.4, -0.2) is 11.9 Å². The van der Waals surface area contributed by atoms with Gasteiger partial charge in [0.2, 0.25) is 0 Å². The number of furan rings is 1. The summed E-state index contributed by atoms with van der Waals surface area (Å²) in [5.41, 5.74) is 10.3. The van der Waals surface area contributed by atoms with Crippen LogP contribution in [0, 0.1) is 20.8 Å². The molecule has 0 spiro atoms. The van der Waals surface area contributed by atoms with E-state index < -0.39 is 6.03 Å². The molecule has 0 fully saturated rings. The molecule has 6 nitrogen and oxygen atoms in total. The van der Waals surface area contributed by atoms with Gasteiger partial charge in [0.25, 0.3) is 5.91 Å². The average molecular weight is 365 g/mol. The molecule has 1 atom stereocenters. The van der Waals surface area contributed by atoms with Gasteiger partial charge in [-0.2, -0.15) is 0 Å². The fourth-order valence-electron chi connectivity index (χ4n) is 3.23. The van der Waals surface area contributed by atoms with Gasteiger partial charge in [-0.05, 0) is 56.5 Å². The van der Waals surface area contributed by atoms with Crippen molar-refractivity contribution in [1.29, 1.82) is 0 Å². The van der Waals surface area contributed by atoms with Crippen LogP contribution in [0.25, 0.3) is 11.0 Å². The number of hydrogen-bond donors (Lipinski definition) is 3. The first-order valence-corrected chi connectivity index (χ1v) is 8.74. The lowest BCUT2D eigenvalue weighted by atomic mass is 10.0. The fraction of sp³-hybridized carbons (Fsp3) is 0.238. The van der Waals surface area contributed by atoms with E-state index in [0.29, 0.717) is 11.4 Å². The second-order valence-electron chi connectivity index (χ2n) is 6.77. The van der Waals surface area contributed by atoms with Crippen molar-refractivity contribution in [3.63, 3.8) is 0 Å². The zero-order valence-corrected chi connectivity index (χ0v) is 15.8. The first-order chi connectivity index (χ1) is 12.8. The summed E-state index contributed by atoms with van der Waals surface area (Å²) in [5.74, 6) is 0.0793. The third-order valence-electron chi connectivity index (χ3n) is 4.71. The molecule has 0 bridgehead atoms. The largest absolute Gasteiger partial charge is 0.450 e. The number of benzene rings is 2. The second kappa shape index (κ2) is 7.15. The van der Waals surface area contributed by atoms with Gasteiger partial charge in [-0.3, -0.25) is 4.79 Å². The Balaban J connectivity index is 1.82. The minimum atomic E-state index is -0.616. The molecular formula is C21H23N3O3. The van der Waals surface area contributed by atoms with Crippen LogP contribution in [0.1, 0.15) is 45.8 Å². The topological polar surface area (TPSA) is 97.4 Å². The average Bonchev–Trinajstić information content (AvgIpc) is 2.97. The molecule has 0 aliphatic heterocycles. The number of nitrogens with one attached hydrogen (secondary N) is 2. The molecule has 1 aromatic heterocycles. The highest BCUT2D eigenvalue weighted by Crippen LogP contribution is 2.31. The van der Waals surface area contributed by atoms with Gasteiger partial charge in [0.15, 0.2) is 5.76 Å². The van der Waals surface area contributed by atoms with E-state index in [1.165, 1.54) is 0 Å². The lowest BCUT2D eigenvalue weighted by Gasteiger charge is -2.14. The zero-order chi connectivity index (χ0) is 19.7. The SMILES string of the molecule is Cc1ccc(C)c2c(C)c(C(=O)NC(C)c3ccc(NC(N)=O)cc3)oc12. The number of aryl methyl sites for hydroxylation is 3.